The first-order valence-electron chi connectivity index (χ1n) is 6.34. The van der Waals surface area contributed by atoms with Crippen LogP contribution in [0.15, 0.2) is 24.3 Å². The van der Waals surface area contributed by atoms with E-state index in [1.54, 1.807) is 0 Å². The maximum Gasteiger partial charge on any atom is 0.346 e. The molecule has 0 saturated heterocycles. The molecule has 0 fully saturated rings. The van der Waals surface area contributed by atoms with Crippen molar-refractivity contribution < 1.29 is 29.6 Å². The second kappa shape index (κ2) is 4.84. The molecule has 2 aromatic carbocycles. The van der Waals surface area contributed by atoms with Crippen LogP contribution < -0.4 is 0 Å². The molecule has 0 amide bonds. The van der Waals surface area contributed by atoms with Gasteiger partial charge in [0, 0.05) is 34.9 Å². The van der Waals surface area contributed by atoms with E-state index in [2.05, 4.69) is 0 Å². The number of nitro groups is 2. The molecule has 0 aromatic heterocycles. The number of carbonyl (C=O) groups is 2. The third kappa shape index (κ3) is 1.97. The molecule has 0 heterocycles. The van der Waals surface area contributed by atoms with Crippen LogP contribution in [-0.2, 0) is 0 Å². The summed E-state index contributed by atoms with van der Waals surface area (Å²) >= 11 is 0. The minimum atomic E-state index is -1.04. The number of carbonyl (C=O) groups excluding carboxylic acids is 2. The largest absolute Gasteiger partial charge is 0.508 e. The second-order valence-electron chi connectivity index (χ2n) is 4.95. The van der Waals surface area contributed by atoms with Crippen molar-refractivity contribution >= 4 is 22.9 Å². The first-order chi connectivity index (χ1) is 11.2. The Morgan fingerprint density at radius 1 is 0.750 bits per heavy atom. The molecule has 0 atom stereocenters. The van der Waals surface area contributed by atoms with Gasteiger partial charge in [0.05, 0.1) is 15.4 Å². The number of aromatic hydroxyl groups is 2. The quantitative estimate of drug-likeness (QED) is 0.530. The molecule has 0 spiro atoms. The van der Waals surface area contributed by atoms with Crippen LogP contribution in [-0.4, -0.2) is 31.6 Å². The van der Waals surface area contributed by atoms with Crippen molar-refractivity contribution in [1.29, 1.82) is 0 Å². The zero-order valence-electron chi connectivity index (χ0n) is 11.5. The fourth-order valence-electron chi connectivity index (χ4n) is 2.55. The Bertz CT molecular complexity index is 979. The minimum absolute atomic E-state index is 0.340. The van der Waals surface area contributed by atoms with Gasteiger partial charge in [-0.25, -0.2) is 0 Å². The summed E-state index contributed by atoms with van der Waals surface area (Å²) in [5, 5.41) is 41.2. The molecule has 0 bridgehead atoms. The van der Waals surface area contributed by atoms with Crippen LogP contribution in [0.1, 0.15) is 31.8 Å². The first kappa shape index (κ1) is 15.1. The van der Waals surface area contributed by atoms with E-state index in [0.29, 0.717) is 12.1 Å². The van der Waals surface area contributed by atoms with Crippen molar-refractivity contribution in [2.24, 2.45) is 0 Å². The Hall–Kier alpha value is -3.82. The van der Waals surface area contributed by atoms with Crippen LogP contribution in [0.25, 0.3) is 0 Å². The monoisotopic (exact) mass is 330 g/mol. The summed E-state index contributed by atoms with van der Waals surface area (Å²) in [7, 11) is 0. The van der Waals surface area contributed by atoms with Gasteiger partial charge in [0.15, 0.2) is 11.6 Å². The van der Waals surface area contributed by atoms with E-state index in [4.69, 9.17) is 0 Å². The molecule has 24 heavy (non-hydrogen) atoms. The van der Waals surface area contributed by atoms with E-state index in [9.17, 15) is 40.0 Å². The molecule has 10 heteroatoms. The molecule has 1 aliphatic carbocycles. The number of ketones is 2. The molecule has 0 radical (unpaired) electrons. The third-order valence-corrected chi connectivity index (χ3v) is 3.57. The zero-order valence-corrected chi connectivity index (χ0v) is 11.5. The van der Waals surface area contributed by atoms with Gasteiger partial charge in [-0.3, -0.25) is 29.8 Å². The lowest BCUT2D eigenvalue weighted by atomic mass is 9.83. The van der Waals surface area contributed by atoms with Crippen molar-refractivity contribution in [3.8, 4) is 11.5 Å². The molecule has 3 rings (SSSR count). The maximum atomic E-state index is 12.5. The Morgan fingerprint density at radius 3 is 1.75 bits per heavy atom. The number of phenols is 2. The summed E-state index contributed by atoms with van der Waals surface area (Å²) in [5.41, 5.74) is -3.48. The second-order valence-corrected chi connectivity index (χ2v) is 4.95. The minimum Gasteiger partial charge on any atom is -0.508 e. The van der Waals surface area contributed by atoms with Gasteiger partial charge in [-0.15, -0.1) is 0 Å². The fraction of sp³-hybridized carbons (Fsp3) is 0. The maximum absolute atomic E-state index is 12.5. The van der Waals surface area contributed by atoms with Gasteiger partial charge in [0.25, 0.3) is 0 Å². The molecule has 0 unspecified atom stereocenters. The van der Waals surface area contributed by atoms with Crippen LogP contribution in [0.4, 0.5) is 11.4 Å². The fourth-order valence-corrected chi connectivity index (χ4v) is 2.55. The molecule has 120 valence electrons. The lowest BCUT2D eigenvalue weighted by Crippen LogP contribution is -2.21. The first-order valence-corrected chi connectivity index (χ1v) is 6.34. The van der Waals surface area contributed by atoms with Crippen molar-refractivity contribution in [2.75, 3.05) is 0 Å². The third-order valence-electron chi connectivity index (χ3n) is 3.57. The van der Waals surface area contributed by atoms with Crippen LogP contribution in [0.2, 0.25) is 0 Å². The summed E-state index contributed by atoms with van der Waals surface area (Å²) in [5.74, 6) is -2.93. The smallest absolute Gasteiger partial charge is 0.346 e. The molecule has 2 aromatic rings. The average Bonchev–Trinajstić information content (AvgIpc) is 2.50. The zero-order chi connectivity index (χ0) is 17.8. The number of benzene rings is 2. The lowest BCUT2D eigenvalue weighted by Gasteiger charge is -2.18. The molecule has 0 saturated carbocycles. The number of hydrogen-bond donors (Lipinski definition) is 2. The van der Waals surface area contributed by atoms with E-state index < -0.39 is 61.0 Å². The van der Waals surface area contributed by atoms with Gasteiger partial charge >= 0.3 is 11.4 Å². The summed E-state index contributed by atoms with van der Waals surface area (Å²) in [6, 6.07) is 3.07. The molecular weight excluding hydrogens is 324 g/mol. The van der Waals surface area contributed by atoms with Crippen molar-refractivity contribution in [2.45, 2.75) is 0 Å². The molecule has 2 N–H and O–H groups in total. The molecular formula is C14H6N2O8. The predicted octanol–water partition coefficient (Wildman–Crippen LogP) is 1.69. The van der Waals surface area contributed by atoms with Gasteiger partial charge in [-0.05, 0) is 6.07 Å². The van der Waals surface area contributed by atoms with Gasteiger partial charge < -0.3 is 10.2 Å². The Kier molecular flexibility index (Phi) is 3.04. The highest BCUT2D eigenvalue weighted by molar-refractivity contribution is 6.29. The van der Waals surface area contributed by atoms with Crippen molar-refractivity contribution in [3.05, 3.63) is 66.7 Å². The molecule has 1 aliphatic rings. The molecule has 10 nitrogen and oxygen atoms in total. The van der Waals surface area contributed by atoms with Gasteiger partial charge in [-0.1, -0.05) is 0 Å². The predicted molar refractivity (Wildman–Crippen MR) is 76.4 cm³/mol. The Balaban J connectivity index is 2.36. The number of nitro benzene ring substituents is 2. The Labute approximate surface area is 131 Å². The van der Waals surface area contributed by atoms with E-state index in [-0.39, 0.29) is 5.56 Å². The SMILES string of the molecule is O=C1c2cc([N+](=O)[O-])c([N+](=O)[O-])cc2C(=O)c2c(O)cc(O)cc21. The van der Waals surface area contributed by atoms with Gasteiger partial charge in [0.2, 0.25) is 0 Å². The number of rotatable bonds is 2. The highest BCUT2D eigenvalue weighted by atomic mass is 16.6. The lowest BCUT2D eigenvalue weighted by molar-refractivity contribution is -0.422. The topological polar surface area (TPSA) is 161 Å². The normalized spacial score (nSPS) is 12.5. The van der Waals surface area contributed by atoms with Crippen LogP contribution >= 0.6 is 0 Å². The van der Waals surface area contributed by atoms with Crippen LogP contribution in [0, 0.1) is 20.2 Å². The Morgan fingerprint density at radius 2 is 1.25 bits per heavy atom. The van der Waals surface area contributed by atoms with Crippen molar-refractivity contribution in [1.82, 2.24) is 0 Å². The number of nitrogens with zero attached hydrogens (tertiary/aromatic N) is 2. The van der Waals surface area contributed by atoms with Crippen LogP contribution in [0.5, 0.6) is 11.5 Å². The molecule has 0 aliphatic heterocycles. The van der Waals surface area contributed by atoms with Gasteiger partial charge in [-0.2, -0.15) is 0 Å². The standard InChI is InChI=1S/C14H6N2O8/c17-5-1-8-12(11(18)2-5)14(20)7-4-10(16(23)24)9(15(21)22)3-6(7)13(8)19/h1-4,17-18H. The van der Waals surface area contributed by atoms with Crippen LogP contribution in [0.3, 0.4) is 0 Å². The number of fused-ring (bicyclic) bond motifs is 2. The highest BCUT2D eigenvalue weighted by Gasteiger charge is 2.37. The summed E-state index contributed by atoms with van der Waals surface area (Å²) in [4.78, 5) is 44.8. The number of phenolic OH excluding ortho intramolecular Hbond substituents is 2. The van der Waals surface area contributed by atoms with E-state index >= 15 is 0 Å². The summed E-state index contributed by atoms with van der Waals surface area (Å²) < 4.78 is 0. The van der Waals surface area contributed by atoms with Gasteiger partial charge in [0.1, 0.15) is 11.5 Å². The summed E-state index contributed by atoms with van der Waals surface area (Å²) in [6.07, 6.45) is 0. The van der Waals surface area contributed by atoms with E-state index in [1.165, 1.54) is 0 Å². The van der Waals surface area contributed by atoms with Crippen molar-refractivity contribution in [3.63, 3.8) is 0 Å². The van der Waals surface area contributed by atoms with E-state index in [1.807, 2.05) is 0 Å². The highest BCUT2D eigenvalue weighted by Crippen LogP contribution is 2.39. The number of hydrogen-bond acceptors (Lipinski definition) is 8. The van der Waals surface area contributed by atoms with E-state index in [0.717, 1.165) is 12.1 Å². The average molecular weight is 330 g/mol. The summed E-state index contributed by atoms with van der Waals surface area (Å²) in [6.45, 7) is 0.